The number of likely N-dealkylation sites (tertiary alicyclic amines) is 1. The van der Waals surface area contributed by atoms with Crippen molar-refractivity contribution in [2.75, 3.05) is 18.4 Å². The molecule has 2 amide bonds. The largest absolute Gasteiger partial charge is 0.325 e. The van der Waals surface area contributed by atoms with Gasteiger partial charge in [-0.3, -0.25) is 0 Å². The van der Waals surface area contributed by atoms with Gasteiger partial charge in [0.25, 0.3) is 0 Å². The van der Waals surface area contributed by atoms with Crippen LogP contribution in [0.1, 0.15) is 25.3 Å². The van der Waals surface area contributed by atoms with Gasteiger partial charge in [0.05, 0.1) is 0 Å². The zero-order valence-corrected chi connectivity index (χ0v) is 12.5. The molecule has 0 spiro atoms. The number of halogens is 1. The molecule has 0 aliphatic carbocycles. The fourth-order valence-corrected chi connectivity index (χ4v) is 2.46. The number of carbonyl (C=O) groups is 1. The summed E-state index contributed by atoms with van der Waals surface area (Å²) >= 11 is 3.47. The van der Waals surface area contributed by atoms with E-state index in [1.54, 1.807) is 0 Å². The minimum atomic E-state index is 0.0117. The number of aryl methyl sites for hydroxylation is 1. The van der Waals surface area contributed by atoms with E-state index < -0.39 is 0 Å². The van der Waals surface area contributed by atoms with Crippen LogP contribution in [0.3, 0.4) is 0 Å². The molecule has 0 saturated carbocycles. The van der Waals surface area contributed by atoms with Gasteiger partial charge >= 0.3 is 6.03 Å². The van der Waals surface area contributed by atoms with Crippen LogP contribution in [-0.2, 0) is 0 Å². The van der Waals surface area contributed by atoms with Gasteiger partial charge in [-0.25, -0.2) is 4.79 Å². The molecule has 4 heteroatoms. The van der Waals surface area contributed by atoms with Crippen LogP contribution >= 0.6 is 15.9 Å². The summed E-state index contributed by atoms with van der Waals surface area (Å²) in [6.07, 6.45) is 2.20. The molecule has 1 aliphatic rings. The first kappa shape index (κ1) is 13.4. The van der Waals surface area contributed by atoms with Gasteiger partial charge in [-0.2, -0.15) is 0 Å². The third kappa shape index (κ3) is 3.25. The number of carbonyl (C=O) groups excluding carboxylic acids is 1. The number of hydrogen-bond acceptors (Lipinski definition) is 1. The summed E-state index contributed by atoms with van der Waals surface area (Å²) in [5.41, 5.74) is 2.01. The van der Waals surface area contributed by atoms with Crippen molar-refractivity contribution in [3.63, 3.8) is 0 Å². The van der Waals surface area contributed by atoms with Crippen molar-refractivity contribution in [2.45, 2.75) is 26.7 Å². The van der Waals surface area contributed by atoms with Crippen molar-refractivity contribution in [1.29, 1.82) is 0 Å². The van der Waals surface area contributed by atoms with Crippen LogP contribution in [-0.4, -0.2) is 24.0 Å². The van der Waals surface area contributed by atoms with Gasteiger partial charge in [-0.05, 0) is 43.4 Å². The number of piperidine rings is 1. The van der Waals surface area contributed by atoms with E-state index in [-0.39, 0.29) is 6.03 Å². The van der Waals surface area contributed by atoms with Gasteiger partial charge in [0.15, 0.2) is 0 Å². The summed E-state index contributed by atoms with van der Waals surface area (Å²) in [7, 11) is 0. The Balaban J connectivity index is 1.96. The van der Waals surface area contributed by atoms with E-state index >= 15 is 0 Å². The predicted molar refractivity (Wildman–Crippen MR) is 77.9 cm³/mol. The fourth-order valence-electron chi connectivity index (χ4n) is 2.08. The number of nitrogens with zero attached hydrogens (tertiary/aromatic N) is 1. The summed E-state index contributed by atoms with van der Waals surface area (Å²) in [5.74, 6) is 0.738. The number of urea groups is 1. The van der Waals surface area contributed by atoms with E-state index in [2.05, 4.69) is 28.2 Å². The van der Waals surface area contributed by atoms with Crippen molar-refractivity contribution in [2.24, 2.45) is 5.92 Å². The van der Waals surface area contributed by atoms with E-state index in [1.165, 1.54) is 5.56 Å². The van der Waals surface area contributed by atoms with Crippen LogP contribution < -0.4 is 5.32 Å². The third-order valence-corrected chi connectivity index (χ3v) is 4.35. The maximum Gasteiger partial charge on any atom is 0.321 e. The van der Waals surface area contributed by atoms with Crippen LogP contribution in [0.25, 0.3) is 0 Å². The van der Waals surface area contributed by atoms with Crippen molar-refractivity contribution < 1.29 is 4.79 Å². The molecule has 98 valence electrons. The lowest BCUT2D eigenvalue weighted by molar-refractivity contribution is 0.186. The predicted octanol–water partition coefficient (Wildman–Crippen LogP) is 4.02. The molecule has 0 radical (unpaired) electrons. The van der Waals surface area contributed by atoms with Crippen molar-refractivity contribution in [1.82, 2.24) is 4.90 Å². The molecular weight excluding hydrogens is 292 g/mol. The zero-order chi connectivity index (χ0) is 13.1. The first-order valence-corrected chi connectivity index (χ1v) is 7.17. The fraction of sp³-hybridized carbons (Fsp3) is 0.500. The summed E-state index contributed by atoms with van der Waals surface area (Å²) in [4.78, 5) is 14.0. The summed E-state index contributed by atoms with van der Waals surface area (Å²) in [6, 6.07) is 5.89. The smallest absolute Gasteiger partial charge is 0.321 e. The Hall–Kier alpha value is -1.03. The topological polar surface area (TPSA) is 32.3 Å². The second-order valence-electron chi connectivity index (χ2n) is 5.06. The van der Waals surface area contributed by atoms with Crippen molar-refractivity contribution in [3.8, 4) is 0 Å². The number of nitrogens with one attached hydrogen (secondary N) is 1. The van der Waals surface area contributed by atoms with Crippen LogP contribution in [0.5, 0.6) is 0 Å². The normalized spacial score (nSPS) is 16.7. The van der Waals surface area contributed by atoms with Crippen LogP contribution in [0, 0.1) is 12.8 Å². The van der Waals surface area contributed by atoms with Gasteiger partial charge in [-0.1, -0.05) is 28.9 Å². The van der Waals surface area contributed by atoms with Crippen LogP contribution in [0.4, 0.5) is 10.5 Å². The molecule has 1 aliphatic heterocycles. The number of anilines is 1. The van der Waals surface area contributed by atoms with Gasteiger partial charge in [0.2, 0.25) is 0 Å². The highest BCUT2D eigenvalue weighted by Crippen LogP contribution is 2.22. The first-order chi connectivity index (χ1) is 8.56. The van der Waals surface area contributed by atoms with E-state index in [0.717, 1.165) is 42.0 Å². The minimum absolute atomic E-state index is 0.0117. The van der Waals surface area contributed by atoms with E-state index in [9.17, 15) is 4.79 Å². The maximum absolute atomic E-state index is 12.1. The standard InChI is InChI=1S/C14H19BrN2O/c1-10-5-7-17(8-6-10)14(18)16-12-4-3-11(2)13(15)9-12/h3-4,9-10H,5-8H2,1-2H3,(H,16,18). The molecule has 1 fully saturated rings. The molecule has 0 bridgehead atoms. The highest BCUT2D eigenvalue weighted by atomic mass is 79.9. The Morgan fingerprint density at radius 1 is 1.39 bits per heavy atom. The van der Waals surface area contributed by atoms with Gasteiger partial charge < -0.3 is 10.2 Å². The second-order valence-corrected chi connectivity index (χ2v) is 5.92. The molecule has 1 aromatic rings. The lowest BCUT2D eigenvalue weighted by atomic mass is 10.00. The molecule has 1 aromatic carbocycles. The summed E-state index contributed by atoms with van der Waals surface area (Å²) in [5, 5.41) is 2.95. The Morgan fingerprint density at radius 3 is 2.67 bits per heavy atom. The molecule has 2 rings (SSSR count). The molecule has 0 atom stereocenters. The zero-order valence-electron chi connectivity index (χ0n) is 10.9. The molecule has 18 heavy (non-hydrogen) atoms. The Labute approximate surface area is 117 Å². The van der Waals surface area contributed by atoms with E-state index in [0.29, 0.717) is 0 Å². The second kappa shape index (κ2) is 5.74. The third-order valence-electron chi connectivity index (χ3n) is 3.49. The minimum Gasteiger partial charge on any atom is -0.325 e. The number of hydrogen-bond donors (Lipinski definition) is 1. The molecule has 0 aromatic heterocycles. The Morgan fingerprint density at radius 2 is 2.06 bits per heavy atom. The van der Waals surface area contributed by atoms with Gasteiger partial charge in [-0.15, -0.1) is 0 Å². The highest BCUT2D eigenvalue weighted by molar-refractivity contribution is 9.10. The van der Waals surface area contributed by atoms with Gasteiger partial charge in [0.1, 0.15) is 0 Å². The Bertz CT molecular complexity index is 439. The van der Waals surface area contributed by atoms with E-state index in [1.807, 2.05) is 30.0 Å². The average molecular weight is 311 g/mol. The maximum atomic E-state index is 12.1. The number of benzene rings is 1. The lowest BCUT2D eigenvalue weighted by Gasteiger charge is -2.30. The molecule has 1 N–H and O–H groups in total. The van der Waals surface area contributed by atoms with Crippen molar-refractivity contribution >= 4 is 27.6 Å². The number of amides is 2. The van der Waals surface area contributed by atoms with Gasteiger partial charge in [0, 0.05) is 23.2 Å². The van der Waals surface area contributed by atoms with E-state index in [4.69, 9.17) is 0 Å². The molecule has 3 nitrogen and oxygen atoms in total. The molecule has 1 saturated heterocycles. The average Bonchev–Trinajstić information content (AvgIpc) is 2.34. The molecular formula is C14H19BrN2O. The lowest BCUT2D eigenvalue weighted by Crippen LogP contribution is -2.40. The SMILES string of the molecule is Cc1ccc(NC(=O)N2CCC(C)CC2)cc1Br. The summed E-state index contributed by atoms with van der Waals surface area (Å²) < 4.78 is 1.02. The summed E-state index contributed by atoms with van der Waals surface area (Å²) in [6.45, 7) is 5.99. The Kier molecular flexibility index (Phi) is 4.27. The first-order valence-electron chi connectivity index (χ1n) is 6.38. The monoisotopic (exact) mass is 310 g/mol. The highest BCUT2D eigenvalue weighted by Gasteiger charge is 2.20. The van der Waals surface area contributed by atoms with Crippen molar-refractivity contribution in [3.05, 3.63) is 28.2 Å². The molecule has 1 heterocycles. The van der Waals surface area contributed by atoms with Crippen LogP contribution in [0.2, 0.25) is 0 Å². The molecule has 0 unspecified atom stereocenters. The number of rotatable bonds is 1. The van der Waals surface area contributed by atoms with Crippen LogP contribution in [0.15, 0.2) is 22.7 Å². The quantitative estimate of drug-likeness (QED) is 0.834.